The lowest BCUT2D eigenvalue weighted by Gasteiger charge is -2.11. The van der Waals surface area contributed by atoms with Crippen LogP contribution in [-0.4, -0.2) is 30.5 Å². The zero-order valence-corrected chi connectivity index (χ0v) is 19.1. The van der Waals surface area contributed by atoms with Crippen LogP contribution in [0.5, 0.6) is 5.75 Å². The molecule has 0 spiro atoms. The fraction of sp³-hybridized carbons (Fsp3) is 0.0870. The van der Waals surface area contributed by atoms with Crippen molar-refractivity contribution in [3.8, 4) is 5.75 Å². The first kappa shape index (κ1) is 22.9. The predicted octanol–water partition coefficient (Wildman–Crippen LogP) is 4.62. The van der Waals surface area contributed by atoms with Crippen molar-refractivity contribution in [2.45, 2.75) is 11.8 Å². The fourth-order valence-electron chi connectivity index (χ4n) is 3.03. The molecule has 9 nitrogen and oxygen atoms in total. The largest absolute Gasteiger partial charge is 0.494 e. The van der Waals surface area contributed by atoms with Gasteiger partial charge in [-0.05, 0) is 67.1 Å². The van der Waals surface area contributed by atoms with Gasteiger partial charge in [-0.25, -0.2) is 27.8 Å². The van der Waals surface area contributed by atoms with Gasteiger partial charge in [0.25, 0.3) is 10.0 Å². The van der Waals surface area contributed by atoms with E-state index in [-0.39, 0.29) is 10.6 Å². The van der Waals surface area contributed by atoms with E-state index in [1.807, 2.05) is 19.1 Å². The van der Waals surface area contributed by atoms with Crippen molar-refractivity contribution >= 4 is 38.9 Å². The number of benzene rings is 2. The second kappa shape index (κ2) is 9.71. The highest BCUT2D eigenvalue weighted by Crippen LogP contribution is 2.24. The van der Waals surface area contributed by atoms with E-state index in [0.717, 1.165) is 11.6 Å². The lowest BCUT2D eigenvalue weighted by molar-refractivity contribution is 0.385. The quantitative estimate of drug-likeness (QED) is 0.334. The maximum atomic E-state index is 13.9. The molecule has 4 rings (SSSR count). The summed E-state index contributed by atoms with van der Waals surface area (Å²) in [6, 6.07) is 15.5. The van der Waals surface area contributed by atoms with Crippen LogP contribution in [0.25, 0.3) is 0 Å². The van der Waals surface area contributed by atoms with E-state index in [0.29, 0.717) is 28.8 Å². The lowest BCUT2D eigenvalue weighted by atomic mass is 10.3. The first-order valence-electron chi connectivity index (χ1n) is 10.1. The van der Waals surface area contributed by atoms with E-state index in [2.05, 4.69) is 30.3 Å². The SMILES string of the molecule is COc1ccc(S(=O)(=O)Nc2ccc(Nc3cc(Nc4cc(C)ccn4)ncn3)cc2)cc1F. The van der Waals surface area contributed by atoms with Crippen molar-refractivity contribution in [2.75, 3.05) is 22.5 Å². The van der Waals surface area contributed by atoms with Crippen molar-refractivity contribution in [3.05, 3.63) is 84.6 Å². The first-order valence-corrected chi connectivity index (χ1v) is 11.6. The van der Waals surface area contributed by atoms with Crippen LogP contribution in [0.3, 0.4) is 0 Å². The number of anilines is 5. The number of aryl methyl sites for hydroxylation is 1. The lowest BCUT2D eigenvalue weighted by Crippen LogP contribution is -2.13. The molecular formula is C23H21FN6O3S. The van der Waals surface area contributed by atoms with Crippen LogP contribution in [0.1, 0.15) is 5.56 Å². The number of nitrogens with zero attached hydrogens (tertiary/aromatic N) is 3. The van der Waals surface area contributed by atoms with Crippen LogP contribution < -0.4 is 20.1 Å². The zero-order chi connectivity index (χ0) is 24.1. The zero-order valence-electron chi connectivity index (χ0n) is 18.3. The van der Waals surface area contributed by atoms with Crippen LogP contribution in [0, 0.1) is 12.7 Å². The van der Waals surface area contributed by atoms with Gasteiger partial charge in [0.15, 0.2) is 11.6 Å². The summed E-state index contributed by atoms with van der Waals surface area (Å²) in [5, 5.41) is 6.25. The van der Waals surface area contributed by atoms with Crippen LogP contribution in [0.2, 0.25) is 0 Å². The number of ether oxygens (including phenoxy) is 1. The van der Waals surface area contributed by atoms with E-state index in [9.17, 15) is 12.8 Å². The number of hydrogen-bond donors (Lipinski definition) is 3. The number of sulfonamides is 1. The Morgan fingerprint density at radius 1 is 0.824 bits per heavy atom. The summed E-state index contributed by atoms with van der Waals surface area (Å²) in [5.74, 6) is 0.964. The van der Waals surface area contributed by atoms with Crippen LogP contribution in [-0.2, 0) is 10.0 Å². The van der Waals surface area contributed by atoms with E-state index in [1.54, 1.807) is 36.5 Å². The number of methoxy groups -OCH3 is 1. The Balaban J connectivity index is 1.43. The summed E-state index contributed by atoms with van der Waals surface area (Å²) in [5.41, 5.74) is 2.06. The number of nitrogens with one attached hydrogen (secondary N) is 3. The van der Waals surface area contributed by atoms with Crippen molar-refractivity contribution in [1.29, 1.82) is 0 Å². The molecule has 0 amide bonds. The normalized spacial score (nSPS) is 11.0. The van der Waals surface area contributed by atoms with Gasteiger partial charge in [-0.2, -0.15) is 0 Å². The summed E-state index contributed by atoms with van der Waals surface area (Å²) >= 11 is 0. The Morgan fingerprint density at radius 3 is 2.18 bits per heavy atom. The minimum atomic E-state index is -3.97. The molecule has 0 bridgehead atoms. The van der Waals surface area contributed by atoms with Gasteiger partial charge < -0.3 is 15.4 Å². The molecule has 0 radical (unpaired) electrons. The Bertz CT molecular complexity index is 1410. The Labute approximate surface area is 196 Å². The molecule has 0 aliphatic carbocycles. The molecule has 0 saturated heterocycles. The Hall–Kier alpha value is -4.25. The molecule has 2 aromatic heterocycles. The monoisotopic (exact) mass is 480 g/mol. The molecule has 0 aliphatic rings. The number of halogens is 1. The maximum Gasteiger partial charge on any atom is 0.262 e. The molecule has 4 aromatic rings. The van der Waals surface area contributed by atoms with E-state index < -0.39 is 15.8 Å². The number of pyridine rings is 1. The van der Waals surface area contributed by atoms with Crippen molar-refractivity contribution < 1.29 is 17.5 Å². The van der Waals surface area contributed by atoms with Gasteiger partial charge in [0.1, 0.15) is 23.8 Å². The van der Waals surface area contributed by atoms with Gasteiger partial charge >= 0.3 is 0 Å². The second-order valence-electron chi connectivity index (χ2n) is 7.24. The molecule has 0 unspecified atom stereocenters. The van der Waals surface area contributed by atoms with Crippen molar-refractivity contribution in [3.63, 3.8) is 0 Å². The average Bonchev–Trinajstić information content (AvgIpc) is 2.80. The number of hydrogen-bond acceptors (Lipinski definition) is 8. The van der Waals surface area contributed by atoms with E-state index in [1.165, 1.54) is 25.6 Å². The molecule has 0 atom stereocenters. The molecular weight excluding hydrogens is 459 g/mol. The topological polar surface area (TPSA) is 118 Å². The Morgan fingerprint density at radius 2 is 1.50 bits per heavy atom. The summed E-state index contributed by atoms with van der Waals surface area (Å²) in [7, 11) is -2.67. The minimum Gasteiger partial charge on any atom is -0.494 e. The van der Waals surface area contributed by atoms with Gasteiger partial charge in [0.05, 0.1) is 12.0 Å². The molecule has 0 saturated carbocycles. The van der Waals surface area contributed by atoms with Gasteiger partial charge in [-0.1, -0.05) is 0 Å². The summed E-state index contributed by atoms with van der Waals surface area (Å²) < 4.78 is 46.3. The standard InChI is InChI=1S/C23H21FN6O3S/c1-15-9-10-25-21(11-15)29-23-13-22(26-14-27-23)28-16-3-5-17(6-4-16)30-34(31,32)18-7-8-20(33-2)19(24)12-18/h3-14,30H,1-2H3,(H2,25,26,27,28,29). The van der Waals surface area contributed by atoms with Crippen LogP contribution in [0.15, 0.2) is 78.1 Å². The highest BCUT2D eigenvalue weighted by Gasteiger charge is 2.17. The number of rotatable bonds is 8. The molecule has 0 fully saturated rings. The van der Waals surface area contributed by atoms with Crippen molar-refractivity contribution in [2.24, 2.45) is 0 Å². The Kier molecular flexibility index (Phi) is 6.55. The third-order valence-electron chi connectivity index (χ3n) is 4.68. The van der Waals surface area contributed by atoms with Gasteiger partial charge in [-0.3, -0.25) is 4.72 Å². The molecule has 174 valence electrons. The minimum absolute atomic E-state index is 0.0346. The van der Waals surface area contributed by atoms with Gasteiger partial charge in [0, 0.05) is 23.6 Å². The van der Waals surface area contributed by atoms with Crippen LogP contribution in [0.4, 0.5) is 33.2 Å². The summed E-state index contributed by atoms with van der Waals surface area (Å²) in [4.78, 5) is 12.4. The first-order chi connectivity index (χ1) is 16.3. The molecule has 11 heteroatoms. The molecule has 3 N–H and O–H groups in total. The molecule has 2 aromatic carbocycles. The van der Waals surface area contributed by atoms with E-state index >= 15 is 0 Å². The maximum absolute atomic E-state index is 13.9. The second-order valence-corrected chi connectivity index (χ2v) is 8.92. The highest BCUT2D eigenvalue weighted by atomic mass is 32.2. The van der Waals surface area contributed by atoms with Gasteiger partial charge in [0.2, 0.25) is 0 Å². The van der Waals surface area contributed by atoms with Crippen LogP contribution >= 0.6 is 0 Å². The number of aromatic nitrogens is 3. The highest BCUT2D eigenvalue weighted by molar-refractivity contribution is 7.92. The summed E-state index contributed by atoms with van der Waals surface area (Å²) in [6.45, 7) is 1.97. The van der Waals surface area contributed by atoms with E-state index in [4.69, 9.17) is 4.74 Å². The molecule has 0 aliphatic heterocycles. The average molecular weight is 481 g/mol. The third-order valence-corrected chi connectivity index (χ3v) is 6.06. The molecule has 34 heavy (non-hydrogen) atoms. The molecule has 2 heterocycles. The third kappa shape index (κ3) is 5.56. The smallest absolute Gasteiger partial charge is 0.262 e. The van der Waals surface area contributed by atoms with Crippen molar-refractivity contribution in [1.82, 2.24) is 15.0 Å². The summed E-state index contributed by atoms with van der Waals surface area (Å²) in [6.07, 6.45) is 3.12. The fourth-order valence-corrected chi connectivity index (χ4v) is 4.10. The van der Waals surface area contributed by atoms with Gasteiger partial charge in [-0.15, -0.1) is 0 Å². The predicted molar refractivity (Wildman–Crippen MR) is 128 cm³/mol.